The lowest BCUT2D eigenvalue weighted by molar-refractivity contribution is 0.106. The first kappa shape index (κ1) is 21.3. The van der Waals surface area contributed by atoms with Crippen molar-refractivity contribution < 1.29 is 14.3 Å². The lowest BCUT2D eigenvalue weighted by atomic mass is 10.00. The van der Waals surface area contributed by atoms with Gasteiger partial charge < -0.3 is 19.6 Å². The summed E-state index contributed by atoms with van der Waals surface area (Å²) in [5.41, 5.74) is 2.81. The zero-order valence-electron chi connectivity index (χ0n) is 17.3. The van der Waals surface area contributed by atoms with Gasteiger partial charge in [0.25, 0.3) is 0 Å². The van der Waals surface area contributed by atoms with Gasteiger partial charge in [0.1, 0.15) is 24.0 Å². The summed E-state index contributed by atoms with van der Waals surface area (Å²) in [6.45, 7) is 3.25. The van der Waals surface area contributed by atoms with Gasteiger partial charge in [0.05, 0.1) is 0 Å². The zero-order chi connectivity index (χ0) is 21.6. The topological polar surface area (TPSA) is 71.7 Å². The highest BCUT2D eigenvalue weighted by molar-refractivity contribution is 7.09. The summed E-state index contributed by atoms with van der Waals surface area (Å²) in [5, 5.41) is 16.3. The van der Waals surface area contributed by atoms with E-state index in [-0.39, 0.29) is 12.2 Å². The van der Waals surface area contributed by atoms with Gasteiger partial charge in [0, 0.05) is 41.4 Å². The van der Waals surface area contributed by atoms with Crippen LogP contribution in [0.15, 0.2) is 75.3 Å². The molecule has 0 aliphatic carbocycles. The van der Waals surface area contributed by atoms with Gasteiger partial charge in [-0.15, -0.1) is 11.3 Å². The van der Waals surface area contributed by atoms with Crippen LogP contribution >= 0.6 is 11.3 Å². The van der Waals surface area contributed by atoms with Crippen LogP contribution in [-0.2, 0) is 13.0 Å². The maximum absolute atomic E-state index is 12.6. The number of aryl methyl sites for hydroxylation is 1. The molecule has 2 aromatic heterocycles. The van der Waals surface area contributed by atoms with Crippen LogP contribution in [0.3, 0.4) is 0 Å². The Morgan fingerprint density at radius 2 is 1.97 bits per heavy atom. The number of rotatable bonds is 9. The van der Waals surface area contributed by atoms with Crippen molar-refractivity contribution in [1.82, 2.24) is 5.32 Å². The molecule has 0 saturated carbocycles. The smallest absolute Gasteiger partial charge is 0.340 e. The maximum Gasteiger partial charge on any atom is 0.340 e. The Morgan fingerprint density at radius 3 is 2.74 bits per heavy atom. The Balaban J connectivity index is 1.40. The standard InChI is InChI=1S/C25H25NO4S/c1-17-22-10-9-20(29-16-19(27)14-26-15-21-8-5-11-31-21)13-24(22)30-25(28)23(17)12-18-6-3-2-4-7-18/h2-11,13,19,26-27H,12,14-16H2,1H3. The summed E-state index contributed by atoms with van der Waals surface area (Å²) in [7, 11) is 0. The van der Waals surface area contributed by atoms with Crippen LogP contribution in [0.1, 0.15) is 21.6 Å². The molecular weight excluding hydrogens is 410 g/mol. The van der Waals surface area contributed by atoms with Crippen LogP contribution in [0.2, 0.25) is 0 Å². The SMILES string of the molecule is Cc1c(Cc2ccccc2)c(=O)oc2cc(OCC(O)CNCc3cccs3)ccc12. The van der Waals surface area contributed by atoms with Crippen molar-refractivity contribution in [3.63, 3.8) is 0 Å². The van der Waals surface area contributed by atoms with Crippen LogP contribution in [0, 0.1) is 6.92 Å². The molecule has 2 N–H and O–H groups in total. The first-order valence-electron chi connectivity index (χ1n) is 10.2. The normalized spacial score (nSPS) is 12.2. The molecule has 5 nitrogen and oxygen atoms in total. The summed E-state index contributed by atoms with van der Waals surface area (Å²) in [5.74, 6) is 0.558. The molecule has 0 spiro atoms. The molecule has 0 aliphatic heterocycles. The lowest BCUT2D eigenvalue weighted by Crippen LogP contribution is -2.30. The molecule has 0 radical (unpaired) electrons. The molecule has 31 heavy (non-hydrogen) atoms. The quantitative estimate of drug-likeness (QED) is 0.384. The summed E-state index contributed by atoms with van der Waals surface area (Å²) >= 11 is 1.68. The van der Waals surface area contributed by atoms with Crippen LogP contribution in [-0.4, -0.2) is 24.4 Å². The van der Waals surface area contributed by atoms with E-state index in [1.54, 1.807) is 17.4 Å². The molecule has 4 rings (SSSR count). The van der Waals surface area contributed by atoms with Gasteiger partial charge >= 0.3 is 5.63 Å². The lowest BCUT2D eigenvalue weighted by Gasteiger charge is -2.14. The average molecular weight is 436 g/mol. The van der Waals surface area contributed by atoms with Crippen LogP contribution < -0.4 is 15.7 Å². The third-order valence-corrected chi connectivity index (χ3v) is 6.06. The van der Waals surface area contributed by atoms with Gasteiger partial charge in [0.2, 0.25) is 0 Å². The summed E-state index contributed by atoms with van der Waals surface area (Å²) < 4.78 is 11.3. The molecule has 4 aromatic rings. The molecular formula is C25H25NO4S. The predicted molar refractivity (Wildman–Crippen MR) is 124 cm³/mol. The molecule has 0 aliphatic rings. The summed E-state index contributed by atoms with van der Waals surface area (Å²) in [6.07, 6.45) is -0.105. The van der Waals surface area contributed by atoms with E-state index in [0.717, 1.165) is 23.1 Å². The van der Waals surface area contributed by atoms with E-state index in [2.05, 4.69) is 11.4 Å². The molecule has 1 unspecified atom stereocenters. The number of aliphatic hydroxyl groups is 1. The molecule has 6 heteroatoms. The van der Waals surface area contributed by atoms with Gasteiger partial charge in [-0.3, -0.25) is 0 Å². The molecule has 0 amide bonds. The van der Waals surface area contributed by atoms with Crippen molar-refractivity contribution in [3.05, 3.63) is 98.0 Å². The van der Waals surface area contributed by atoms with E-state index >= 15 is 0 Å². The van der Waals surface area contributed by atoms with Crippen molar-refractivity contribution in [2.45, 2.75) is 26.0 Å². The van der Waals surface area contributed by atoms with E-state index in [9.17, 15) is 9.90 Å². The van der Waals surface area contributed by atoms with Crippen LogP contribution in [0.25, 0.3) is 11.0 Å². The molecule has 0 saturated heterocycles. The summed E-state index contributed by atoms with van der Waals surface area (Å²) in [4.78, 5) is 13.8. The minimum atomic E-state index is -0.641. The molecule has 2 aromatic carbocycles. The van der Waals surface area contributed by atoms with Gasteiger partial charge in [-0.2, -0.15) is 0 Å². The third kappa shape index (κ3) is 5.41. The Kier molecular flexibility index (Phi) is 6.82. The van der Waals surface area contributed by atoms with E-state index in [1.165, 1.54) is 4.88 Å². The number of aliphatic hydroxyl groups excluding tert-OH is 1. The average Bonchev–Trinajstić information content (AvgIpc) is 3.29. The number of fused-ring (bicyclic) bond motifs is 1. The Labute approximate surface area is 184 Å². The zero-order valence-corrected chi connectivity index (χ0v) is 18.2. The second-order valence-electron chi connectivity index (χ2n) is 7.49. The second kappa shape index (κ2) is 9.92. The van der Waals surface area contributed by atoms with Gasteiger partial charge in [-0.1, -0.05) is 36.4 Å². The number of hydrogen-bond donors (Lipinski definition) is 2. The van der Waals surface area contributed by atoms with Crippen molar-refractivity contribution >= 4 is 22.3 Å². The number of thiophene rings is 1. The van der Waals surface area contributed by atoms with Crippen LogP contribution in [0.4, 0.5) is 0 Å². The van der Waals surface area contributed by atoms with Crippen molar-refractivity contribution in [1.29, 1.82) is 0 Å². The van der Waals surface area contributed by atoms with Gasteiger partial charge in [-0.25, -0.2) is 4.79 Å². The molecule has 0 fully saturated rings. The third-order valence-electron chi connectivity index (χ3n) is 5.18. The fraction of sp³-hybridized carbons (Fsp3) is 0.240. The molecule has 2 heterocycles. The minimum Gasteiger partial charge on any atom is -0.491 e. The first-order chi connectivity index (χ1) is 15.1. The monoisotopic (exact) mass is 435 g/mol. The highest BCUT2D eigenvalue weighted by Gasteiger charge is 2.13. The van der Waals surface area contributed by atoms with Crippen molar-refractivity contribution in [2.24, 2.45) is 0 Å². The fourth-order valence-electron chi connectivity index (χ4n) is 3.50. The second-order valence-corrected chi connectivity index (χ2v) is 8.52. The first-order valence-corrected chi connectivity index (χ1v) is 11.1. The fourth-order valence-corrected chi connectivity index (χ4v) is 4.17. The number of hydrogen-bond acceptors (Lipinski definition) is 6. The highest BCUT2D eigenvalue weighted by Crippen LogP contribution is 2.25. The van der Waals surface area contributed by atoms with Crippen molar-refractivity contribution in [3.8, 4) is 5.75 Å². The number of ether oxygens (including phenoxy) is 1. The largest absolute Gasteiger partial charge is 0.491 e. The molecule has 160 valence electrons. The van der Waals surface area contributed by atoms with Gasteiger partial charge in [0.15, 0.2) is 0 Å². The Morgan fingerprint density at radius 1 is 1.13 bits per heavy atom. The van der Waals surface area contributed by atoms with E-state index in [1.807, 2.05) is 60.8 Å². The van der Waals surface area contributed by atoms with Gasteiger partial charge in [-0.05, 0) is 41.6 Å². The molecule has 0 bridgehead atoms. The minimum absolute atomic E-state index is 0.151. The van der Waals surface area contributed by atoms with Crippen molar-refractivity contribution in [2.75, 3.05) is 13.2 Å². The van der Waals surface area contributed by atoms with E-state index in [0.29, 0.717) is 29.9 Å². The number of benzene rings is 2. The highest BCUT2D eigenvalue weighted by atomic mass is 32.1. The number of nitrogens with one attached hydrogen (secondary N) is 1. The molecule has 1 atom stereocenters. The Bertz CT molecular complexity index is 1190. The Hall–Kier alpha value is -2.93. The van der Waals surface area contributed by atoms with Crippen LogP contribution in [0.5, 0.6) is 5.75 Å². The summed E-state index contributed by atoms with van der Waals surface area (Å²) in [6, 6.07) is 19.4. The maximum atomic E-state index is 12.6. The van der Waals surface area contributed by atoms with E-state index < -0.39 is 6.10 Å². The predicted octanol–water partition coefficient (Wildman–Crippen LogP) is 4.28. The van der Waals surface area contributed by atoms with E-state index in [4.69, 9.17) is 9.15 Å².